The fourth-order valence-electron chi connectivity index (χ4n) is 5.82. The third-order valence-corrected chi connectivity index (χ3v) is 6.58. The van der Waals surface area contributed by atoms with E-state index in [4.69, 9.17) is 9.47 Å². The van der Waals surface area contributed by atoms with E-state index in [9.17, 15) is 0 Å². The van der Waals surface area contributed by atoms with Crippen molar-refractivity contribution < 1.29 is 9.47 Å². The second kappa shape index (κ2) is 3.71. The summed E-state index contributed by atoms with van der Waals surface area (Å²) in [4.78, 5) is 0. The van der Waals surface area contributed by atoms with Gasteiger partial charge in [-0.05, 0) is 67.6 Å². The lowest BCUT2D eigenvalue weighted by molar-refractivity contribution is -0.160. The van der Waals surface area contributed by atoms with Crippen LogP contribution >= 0.6 is 0 Å². The highest BCUT2D eigenvalue weighted by Crippen LogP contribution is 2.64. The number of rotatable bonds is 3. The van der Waals surface area contributed by atoms with E-state index in [1.807, 2.05) is 14.2 Å². The van der Waals surface area contributed by atoms with E-state index < -0.39 is 0 Å². The monoisotopic (exact) mass is 236 g/mol. The Kier molecular flexibility index (Phi) is 2.36. The van der Waals surface area contributed by atoms with Crippen LogP contribution in [0.4, 0.5) is 0 Å². The number of ether oxygens (including phenoxy) is 2. The van der Waals surface area contributed by atoms with Gasteiger partial charge in [0.1, 0.15) is 0 Å². The summed E-state index contributed by atoms with van der Waals surface area (Å²) in [5, 5.41) is 0. The number of hydrogen-bond donors (Lipinski definition) is 0. The van der Waals surface area contributed by atoms with Crippen molar-refractivity contribution in [2.75, 3.05) is 14.2 Å². The van der Waals surface area contributed by atoms with Crippen LogP contribution < -0.4 is 0 Å². The van der Waals surface area contributed by atoms with Crippen LogP contribution in [0.25, 0.3) is 0 Å². The van der Waals surface area contributed by atoms with Gasteiger partial charge in [0.25, 0.3) is 0 Å². The lowest BCUT2D eigenvalue weighted by Gasteiger charge is -2.58. The Morgan fingerprint density at radius 3 is 2.24 bits per heavy atom. The van der Waals surface area contributed by atoms with Crippen molar-refractivity contribution in [1.82, 2.24) is 0 Å². The first-order valence-electron chi connectivity index (χ1n) is 7.39. The average molecular weight is 236 g/mol. The summed E-state index contributed by atoms with van der Waals surface area (Å²) in [5.41, 5.74) is 0. The third-order valence-electron chi connectivity index (χ3n) is 6.58. The maximum Gasteiger partial charge on any atom is 0.0630 e. The van der Waals surface area contributed by atoms with E-state index in [0.29, 0.717) is 12.2 Å². The van der Waals surface area contributed by atoms with Crippen molar-refractivity contribution >= 4 is 0 Å². The third kappa shape index (κ3) is 1.29. The molecule has 8 atom stereocenters. The molecule has 8 unspecified atom stereocenters. The van der Waals surface area contributed by atoms with Crippen LogP contribution in [0.3, 0.4) is 0 Å². The van der Waals surface area contributed by atoms with Crippen LogP contribution in [0.15, 0.2) is 0 Å². The summed E-state index contributed by atoms with van der Waals surface area (Å²) in [5.74, 6) is 5.63. The molecule has 0 saturated heterocycles. The van der Waals surface area contributed by atoms with Crippen LogP contribution in [0.2, 0.25) is 0 Å². The predicted octanol–water partition coefficient (Wildman–Crippen LogP) is 2.72. The van der Waals surface area contributed by atoms with Gasteiger partial charge in [-0.3, -0.25) is 0 Å². The minimum Gasteiger partial charge on any atom is -0.381 e. The molecule has 96 valence electrons. The van der Waals surface area contributed by atoms with Crippen LogP contribution in [-0.2, 0) is 9.47 Å². The predicted molar refractivity (Wildman–Crippen MR) is 65.6 cm³/mol. The second-order valence-electron chi connectivity index (χ2n) is 6.85. The van der Waals surface area contributed by atoms with Gasteiger partial charge in [-0.1, -0.05) is 0 Å². The fourth-order valence-corrected chi connectivity index (χ4v) is 5.82. The topological polar surface area (TPSA) is 18.5 Å². The highest BCUT2D eigenvalue weighted by molar-refractivity contribution is 5.10. The van der Waals surface area contributed by atoms with Crippen molar-refractivity contribution in [3.8, 4) is 0 Å². The minimum atomic E-state index is 0.587. The molecule has 17 heavy (non-hydrogen) atoms. The number of fused-ring (bicyclic) bond motifs is 4. The zero-order valence-corrected chi connectivity index (χ0v) is 11.0. The second-order valence-corrected chi connectivity index (χ2v) is 6.85. The zero-order chi connectivity index (χ0) is 11.6. The summed E-state index contributed by atoms with van der Waals surface area (Å²) >= 11 is 0. The van der Waals surface area contributed by atoms with Crippen molar-refractivity contribution in [3.05, 3.63) is 0 Å². The summed E-state index contributed by atoms with van der Waals surface area (Å²) in [6.07, 6.45) is 8.34. The molecular weight excluding hydrogens is 212 g/mol. The lowest BCUT2D eigenvalue weighted by atomic mass is 9.50. The largest absolute Gasteiger partial charge is 0.381 e. The number of hydrogen-bond acceptors (Lipinski definition) is 2. The van der Waals surface area contributed by atoms with Gasteiger partial charge >= 0.3 is 0 Å². The van der Waals surface area contributed by atoms with E-state index in [0.717, 1.165) is 35.5 Å². The molecule has 0 aromatic heterocycles. The lowest BCUT2D eigenvalue weighted by Crippen LogP contribution is -2.55. The SMILES string of the molecule is COC1CC2CC1C2C1CCC2CC1C2OC. The van der Waals surface area contributed by atoms with E-state index in [-0.39, 0.29) is 0 Å². The molecule has 2 nitrogen and oxygen atoms in total. The highest BCUT2D eigenvalue weighted by atomic mass is 16.5. The molecule has 0 heterocycles. The molecule has 6 aliphatic rings. The van der Waals surface area contributed by atoms with Crippen molar-refractivity contribution in [1.29, 1.82) is 0 Å². The molecule has 0 aliphatic heterocycles. The molecular formula is C15H24O2. The van der Waals surface area contributed by atoms with Gasteiger partial charge in [-0.25, -0.2) is 0 Å². The fraction of sp³-hybridized carbons (Fsp3) is 1.00. The average Bonchev–Trinajstić information content (AvgIpc) is 2.87. The normalized spacial score (nSPS) is 59.6. The van der Waals surface area contributed by atoms with Crippen LogP contribution in [0, 0.1) is 35.5 Å². The summed E-state index contributed by atoms with van der Waals surface area (Å²) in [6.45, 7) is 0. The van der Waals surface area contributed by atoms with Gasteiger partial charge < -0.3 is 9.47 Å². The Morgan fingerprint density at radius 1 is 0.765 bits per heavy atom. The Hall–Kier alpha value is -0.0800. The van der Waals surface area contributed by atoms with Gasteiger partial charge in [0.05, 0.1) is 12.2 Å². The maximum absolute atomic E-state index is 5.71. The van der Waals surface area contributed by atoms with E-state index >= 15 is 0 Å². The van der Waals surface area contributed by atoms with Gasteiger partial charge in [0, 0.05) is 14.2 Å². The molecule has 6 rings (SSSR count). The molecule has 0 aromatic carbocycles. The first-order chi connectivity index (χ1) is 8.33. The first kappa shape index (κ1) is 10.8. The molecule has 2 heteroatoms. The Labute approximate surface area is 104 Å². The molecule has 6 aliphatic carbocycles. The quantitative estimate of drug-likeness (QED) is 0.750. The van der Waals surface area contributed by atoms with E-state index in [1.165, 1.54) is 32.1 Å². The Bertz CT molecular complexity index is 314. The standard InChI is InChI=1S/C15H24O2/c1-16-13-7-9-6-12(13)14(9)10-4-3-8-5-11(10)15(8)17-2/h8-15H,3-7H2,1-2H3. The van der Waals surface area contributed by atoms with Crippen molar-refractivity contribution in [3.63, 3.8) is 0 Å². The molecule has 6 fully saturated rings. The first-order valence-corrected chi connectivity index (χ1v) is 7.39. The van der Waals surface area contributed by atoms with E-state index in [2.05, 4.69) is 0 Å². The minimum absolute atomic E-state index is 0.587. The van der Waals surface area contributed by atoms with Crippen LogP contribution in [0.5, 0.6) is 0 Å². The van der Waals surface area contributed by atoms with E-state index in [1.54, 1.807) is 0 Å². The summed E-state index contributed by atoms with van der Waals surface area (Å²) < 4.78 is 11.4. The van der Waals surface area contributed by atoms with Gasteiger partial charge in [0.15, 0.2) is 0 Å². The summed E-state index contributed by atoms with van der Waals surface area (Å²) in [7, 11) is 3.82. The molecule has 0 spiro atoms. The Morgan fingerprint density at radius 2 is 1.59 bits per heavy atom. The molecule has 6 saturated carbocycles. The smallest absolute Gasteiger partial charge is 0.0630 e. The zero-order valence-electron chi connectivity index (χ0n) is 11.0. The van der Waals surface area contributed by atoms with Crippen LogP contribution in [-0.4, -0.2) is 26.4 Å². The molecule has 0 aromatic rings. The molecule has 0 N–H and O–H groups in total. The van der Waals surface area contributed by atoms with Crippen molar-refractivity contribution in [2.24, 2.45) is 35.5 Å². The molecule has 0 amide bonds. The van der Waals surface area contributed by atoms with Gasteiger partial charge in [0.2, 0.25) is 0 Å². The van der Waals surface area contributed by atoms with Crippen LogP contribution in [0.1, 0.15) is 32.1 Å². The maximum atomic E-state index is 5.71. The molecule has 4 bridgehead atoms. The van der Waals surface area contributed by atoms with Gasteiger partial charge in [-0.2, -0.15) is 0 Å². The summed E-state index contributed by atoms with van der Waals surface area (Å²) in [6, 6.07) is 0. The molecule has 0 radical (unpaired) electrons. The number of methoxy groups -OCH3 is 2. The highest BCUT2D eigenvalue weighted by Gasteiger charge is 2.61. The van der Waals surface area contributed by atoms with Gasteiger partial charge in [-0.15, -0.1) is 0 Å². The van der Waals surface area contributed by atoms with Crippen molar-refractivity contribution in [2.45, 2.75) is 44.3 Å². The Balaban J connectivity index is 1.50.